The topological polar surface area (TPSA) is 21.3 Å². The minimum absolute atomic E-state index is 0.0785. The Hall–Kier alpha value is -1.30. The van der Waals surface area contributed by atoms with Crippen LogP contribution in [0.25, 0.3) is 0 Å². The molecule has 1 unspecified atom stereocenters. The Labute approximate surface area is 109 Å². The van der Waals surface area contributed by atoms with E-state index in [9.17, 15) is 17.6 Å². The van der Waals surface area contributed by atoms with Crippen LogP contribution in [0.15, 0.2) is 18.2 Å². The van der Waals surface area contributed by atoms with Gasteiger partial charge in [-0.3, -0.25) is 0 Å². The van der Waals surface area contributed by atoms with Gasteiger partial charge in [0.05, 0.1) is 7.11 Å². The van der Waals surface area contributed by atoms with E-state index in [4.69, 9.17) is 4.74 Å². The number of ether oxygens (including phenoxy) is 1. The fourth-order valence-corrected chi connectivity index (χ4v) is 1.84. The molecular weight excluding hydrogens is 262 g/mol. The second kappa shape index (κ2) is 6.75. The van der Waals surface area contributed by atoms with Crippen molar-refractivity contribution >= 4 is 0 Å². The fourth-order valence-electron chi connectivity index (χ4n) is 1.84. The van der Waals surface area contributed by atoms with Gasteiger partial charge < -0.3 is 10.1 Å². The SMILES string of the molecule is CCNC(CCC(F)(F)F)c1ccc(OC)c(F)c1. The quantitative estimate of drug-likeness (QED) is 0.799. The molecule has 0 aliphatic carbocycles. The molecule has 1 atom stereocenters. The van der Waals surface area contributed by atoms with E-state index in [-0.39, 0.29) is 12.2 Å². The number of alkyl halides is 3. The number of methoxy groups -OCH3 is 1. The number of rotatable bonds is 6. The Morgan fingerprint density at radius 1 is 1.32 bits per heavy atom. The van der Waals surface area contributed by atoms with Gasteiger partial charge in [-0.1, -0.05) is 13.0 Å². The lowest BCUT2D eigenvalue weighted by molar-refractivity contribution is -0.136. The van der Waals surface area contributed by atoms with Crippen molar-refractivity contribution in [1.29, 1.82) is 0 Å². The van der Waals surface area contributed by atoms with Crippen molar-refractivity contribution in [2.75, 3.05) is 13.7 Å². The van der Waals surface area contributed by atoms with E-state index in [1.807, 2.05) is 0 Å². The Morgan fingerprint density at radius 2 is 2.00 bits per heavy atom. The van der Waals surface area contributed by atoms with Crippen LogP contribution in [0.1, 0.15) is 31.4 Å². The zero-order valence-corrected chi connectivity index (χ0v) is 10.9. The van der Waals surface area contributed by atoms with Crippen LogP contribution in [-0.2, 0) is 0 Å². The third-order valence-corrected chi connectivity index (χ3v) is 2.75. The van der Waals surface area contributed by atoms with Gasteiger partial charge in [-0.15, -0.1) is 0 Å². The summed E-state index contributed by atoms with van der Waals surface area (Å²) in [6.45, 7) is 2.30. The van der Waals surface area contributed by atoms with Crippen LogP contribution in [-0.4, -0.2) is 19.8 Å². The Bertz CT molecular complexity index is 406. The predicted octanol–water partition coefficient (Wildman–Crippen LogP) is 3.83. The number of nitrogens with one attached hydrogen (secondary N) is 1. The van der Waals surface area contributed by atoms with E-state index < -0.39 is 24.5 Å². The zero-order valence-electron chi connectivity index (χ0n) is 10.9. The van der Waals surface area contributed by atoms with E-state index in [2.05, 4.69) is 5.32 Å². The molecule has 1 aromatic carbocycles. The minimum Gasteiger partial charge on any atom is -0.494 e. The molecule has 0 aromatic heterocycles. The van der Waals surface area contributed by atoms with Gasteiger partial charge in [0.25, 0.3) is 0 Å². The summed E-state index contributed by atoms with van der Waals surface area (Å²) in [6, 6.07) is 3.68. The molecule has 19 heavy (non-hydrogen) atoms. The second-order valence-electron chi connectivity index (χ2n) is 4.16. The highest BCUT2D eigenvalue weighted by atomic mass is 19.4. The highest BCUT2D eigenvalue weighted by molar-refractivity contribution is 5.31. The molecule has 0 saturated carbocycles. The third kappa shape index (κ3) is 5.06. The largest absolute Gasteiger partial charge is 0.494 e. The lowest BCUT2D eigenvalue weighted by Crippen LogP contribution is -2.23. The van der Waals surface area contributed by atoms with Crippen LogP contribution < -0.4 is 10.1 Å². The van der Waals surface area contributed by atoms with Gasteiger partial charge in [0.15, 0.2) is 11.6 Å². The smallest absolute Gasteiger partial charge is 0.389 e. The standard InChI is InChI=1S/C13H17F4NO/c1-3-18-11(6-7-13(15,16)17)9-4-5-12(19-2)10(14)8-9/h4-5,8,11,18H,3,6-7H2,1-2H3. The first-order chi connectivity index (χ1) is 8.87. The minimum atomic E-state index is -4.21. The molecule has 108 valence electrons. The maximum absolute atomic E-state index is 13.6. The molecule has 0 saturated heterocycles. The van der Waals surface area contributed by atoms with E-state index in [0.717, 1.165) is 0 Å². The average Bonchev–Trinajstić information content (AvgIpc) is 2.33. The normalized spacial score (nSPS) is 13.4. The lowest BCUT2D eigenvalue weighted by atomic mass is 10.0. The van der Waals surface area contributed by atoms with Gasteiger partial charge in [-0.2, -0.15) is 13.2 Å². The first-order valence-corrected chi connectivity index (χ1v) is 6.01. The van der Waals surface area contributed by atoms with E-state index in [1.54, 1.807) is 13.0 Å². The highest BCUT2D eigenvalue weighted by Gasteiger charge is 2.28. The average molecular weight is 279 g/mol. The monoisotopic (exact) mass is 279 g/mol. The summed E-state index contributed by atoms with van der Waals surface area (Å²) >= 11 is 0. The van der Waals surface area contributed by atoms with Gasteiger partial charge in [-0.25, -0.2) is 4.39 Å². The van der Waals surface area contributed by atoms with Crippen LogP contribution in [0.4, 0.5) is 17.6 Å². The second-order valence-corrected chi connectivity index (χ2v) is 4.16. The Balaban J connectivity index is 2.83. The summed E-state index contributed by atoms with van der Waals surface area (Å²) < 4.78 is 55.1. The van der Waals surface area contributed by atoms with Crippen LogP contribution in [0.5, 0.6) is 5.75 Å². The molecule has 0 spiro atoms. The van der Waals surface area contributed by atoms with Crippen molar-refractivity contribution in [2.24, 2.45) is 0 Å². The summed E-state index contributed by atoms with van der Waals surface area (Å²) in [5.41, 5.74) is 0.490. The maximum atomic E-state index is 13.6. The van der Waals surface area contributed by atoms with Gasteiger partial charge >= 0.3 is 6.18 Å². The number of halogens is 4. The molecule has 1 aromatic rings. The number of hydrogen-bond donors (Lipinski definition) is 1. The molecule has 0 amide bonds. The molecule has 2 nitrogen and oxygen atoms in total. The predicted molar refractivity (Wildman–Crippen MR) is 64.7 cm³/mol. The van der Waals surface area contributed by atoms with Crippen molar-refractivity contribution in [3.05, 3.63) is 29.6 Å². The molecule has 1 rings (SSSR count). The third-order valence-electron chi connectivity index (χ3n) is 2.75. The van der Waals surface area contributed by atoms with Crippen molar-refractivity contribution in [3.8, 4) is 5.75 Å². The summed E-state index contributed by atoms with van der Waals surface area (Å²) in [6.07, 6.45) is -5.24. The molecule has 1 N–H and O–H groups in total. The molecule has 0 aliphatic rings. The molecule has 0 heterocycles. The van der Waals surface area contributed by atoms with Crippen molar-refractivity contribution in [3.63, 3.8) is 0 Å². The van der Waals surface area contributed by atoms with E-state index >= 15 is 0 Å². The molecule has 0 bridgehead atoms. The van der Waals surface area contributed by atoms with E-state index in [1.165, 1.54) is 19.2 Å². The van der Waals surface area contributed by atoms with Gasteiger partial charge in [0.1, 0.15) is 0 Å². The van der Waals surface area contributed by atoms with Gasteiger partial charge in [0, 0.05) is 12.5 Å². The van der Waals surface area contributed by atoms with Crippen LogP contribution in [0, 0.1) is 5.82 Å². The molecule has 0 radical (unpaired) electrons. The summed E-state index contributed by atoms with van der Waals surface area (Å²) in [7, 11) is 1.34. The summed E-state index contributed by atoms with van der Waals surface area (Å²) in [5, 5.41) is 2.93. The van der Waals surface area contributed by atoms with Crippen LogP contribution in [0.3, 0.4) is 0 Å². The number of benzene rings is 1. The molecule has 0 aliphatic heterocycles. The van der Waals surface area contributed by atoms with Crippen molar-refractivity contribution < 1.29 is 22.3 Å². The maximum Gasteiger partial charge on any atom is 0.389 e. The van der Waals surface area contributed by atoms with Gasteiger partial charge in [-0.05, 0) is 30.7 Å². The number of hydrogen-bond acceptors (Lipinski definition) is 2. The van der Waals surface area contributed by atoms with Crippen molar-refractivity contribution in [2.45, 2.75) is 32.0 Å². The van der Waals surface area contributed by atoms with Crippen LogP contribution in [0.2, 0.25) is 0 Å². The Morgan fingerprint density at radius 3 is 2.47 bits per heavy atom. The molecule has 0 fully saturated rings. The molecule has 6 heteroatoms. The van der Waals surface area contributed by atoms with Gasteiger partial charge in [0.2, 0.25) is 0 Å². The lowest BCUT2D eigenvalue weighted by Gasteiger charge is -2.19. The zero-order chi connectivity index (χ0) is 14.5. The molecular formula is C13H17F4NO. The highest BCUT2D eigenvalue weighted by Crippen LogP contribution is 2.29. The van der Waals surface area contributed by atoms with Crippen molar-refractivity contribution in [1.82, 2.24) is 5.32 Å². The summed E-state index contributed by atoms with van der Waals surface area (Å²) in [4.78, 5) is 0. The Kier molecular flexibility index (Phi) is 5.60. The summed E-state index contributed by atoms with van der Waals surface area (Å²) in [5.74, 6) is -0.496. The van der Waals surface area contributed by atoms with Crippen LogP contribution >= 0.6 is 0 Å². The fraction of sp³-hybridized carbons (Fsp3) is 0.538. The first-order valence-electron chi connectivity index (χ1n) is 6.01. The van der Waals surface area contributed by atoms with E-state index in [0.29, 0.717) is 12.1 Å². The first kappa shape index (κ1) is 15.8.